The molecule has 7 nitrogen and oxygen atoms in total. The SMILES string of the molecule is O=C1c2ccn(Cc3ccccc3)c2C(O)CCN1CCCN1CCN(c2ccc(O)cc2)CC1. The number of phenols is 1. The van der Waals surface area contributed by atoms with Crippen LogP contribution in [0.3, 0.4) is 0 Å². The van der Waals surface area contributed by atoms with Gasteiger partial charge >= 0.3 is 0 Å². The highest BCUT2D eigenvalue weighted by molar-refractivity contribution is 5.96. The molecule has 1 unspecified atom stereocenters. The molecule has 2 aliphatic rings. The summed E-state index contributed by atoms with van der Waals surface area (Å²) < 4.78 is 2.02. The Morgan fingerprint density at radius 2 is 1.60 bits per heavy atom. The summed E-state index contributed by atoms with van der Waals surface area (Å²) in [5.74, 6) is 0.323. The average molecular weight is 475 g/mol. The number of rotatable bonds is 7. The quantitative estimate of drug-likeness (QED) is 0.550. The van der Waals surface area contributed by atoms with Crippen LogP contribution in [0.2, 0.25) is 0 Å². The molecule has 1 saturated heterocycles. The van der Waals surface area contributed by atoms with E-state index in [2.05, 4.69) is 21.9 Å². The molecule has 2 aromatic carbocycles. The molecule has 1 atom stereocenters. The van der Waals surface area contributed by atoms with Crippen molar-refractivity contribution in [1.82, 2.24) is 14.4 Å². The highest BCUT2D eigenvalue weighted by atomic mass is 16.3. The first-order valence-corrected chi connectivity index (χ1v) is 12.5. The number of nitrogens with zero attached hydrogens (tertiary/aromatic N) is 4. The number of hydrogen-bond donors (Lipinski definition) is 2. The summed E-state index contributed by atoms with van der Waals surface area (Å²) in [6, 6.07) is 19.4. The largest absolute Gasteiger partial charge is 0.508 e. The molecule has 0 saturated carbocycles. The second-order valence-electron chi connectivity index (χ2n) is 9.52. The van der Waals surface area contributed by atoms with Gasteiger partial charge in [-0.25, -0.2) is 0 Å². The van der Waals surface area contributed by atoms with Crippen molar-refractivity contribution >= 4 is 11.6 Å². The zero-order chi connectivity index (χ0) is 24.2. The zero-order valence-electron chi connectivity index (χ0n) is 20.1. The van der Waals surface area contributed by atoms with Crippen molar-refractivity contribution in [1.29, 1.82) is 0 Å². The molecule has 0 spiro atoms. The normalized spacial score (nSPS) is 19.0. The third-order valence-corrected chi connectivity index (χ3v) is 7.20. The number of aromatic hydroxyl groups is 1. The number of aliphatic hydroxyl groups is 1. The molecular weight excluding hydrogens is 440 g/mol. The Balaban J connectivity index is 1.14. The van der Waals surface area contributed by atoms with Crippen LogP contribution in [0.1, 0.15) is 40.6 Å². The summed E-state index contributed by atoms with van der Waals surface area (Å²) in [7, 11) is 0. The smallest absolute Gasteiger partial charge is 0.255 e. The molecule has 2 aliphatic heterocycles. The van der Waals surface area contributed by atoms with Crippen LogP contribution in [0, 0.1) is 0 Å². The van der Waals surface area contributed by atoms with E-state index in [1.165, 1.54) is 0 Å². The lowest BCUT2D eigenvalue weighted by atomic mass is 10.1. The van der Waals surface area contributed by atoms with E-state index >= 15 is 0 Å². The van der Waals surface area contributed by atoms with E-state index in [0.717, 1.165) is 56.1 Å². The number of hydrogen-bond acceptors (Lipinski definition) is 5. The molecule has 1 amide bonds. The molecule has 1 aromatic heterocycles. The minimum absolute atomic E-state index is 0.0283. The molecule has 3 aromatic rings. The number of carbonyl (C=O) groups excluding carboxylic acids is 1. The van der Waals surface area contributed by atoms with Gasteiger partial charge in [-0.1, -0.05) is 30.3 Å². The maximum atomic E-state index is 13.3. The van der Waals surface area contributed by atoms with Crippen molar-refractivity contribution < 1.29 is 15.0 Å². The van der Waals surface area contributed by atoms with Crippen LogP contribution in [-0.2, 0) is 6.54 Å². The Bertz CT molecular complexity index is 1120. The van der Waals surface area contributed by atoms with Gasteiger partial charge in [0.15, 0.2) is 0 Å². The summed E-state index contributed by atoms with van der Waals surface area (Å²) in [5, 5.41) is 20.4. The second-order valence-corrected chi connectivity index (χ2v) is 9.52. The highest BCUT2D eigenvalue weighted by Gasteiger charge is 2.30. The molecule has 7 heteroatoms. The Morgan fingerprint density at radius 3 is 2.34 bits per heavy atom. The average Bonchev–Trinajstić information content (AvgIpc) is 3.25. The van der Waals surface area contributed by atoms with Gasteiger partial charge in [-0.3, -0.25) is 9.69 Å². The van der Waals surface area contributed by atoms with Gasteiger partial charge in [0.25, 0.3) is 5.91 Å². The lowest BCUT2D eigenvalue weighted by Gasteiger charge is -2.36. The van der Waals surface area contributed by atoms with Crippen LogP contribution in [0.25, 0.3) is 0 Å². The number of anilines is 1. The van der Waals surface area contributed by atoms with Crippen molar-refractivity contribution in [3.05, 3.63) is 83.7 Å². The van der Waals surface area contributed by atoms with Crippen LogP contribution < -0.4 is 4.90 Å². The molecule has 1 fully saturated rings. The molecule has 0 radical (unpaired) electrons. The number of carbonyl (C=O) groups is 1. The number of fused-ring (bicyclic) bond motifs is 1. The van der Waals surface area contributed by atoms with E-state index in [1.54, 1.807) is 12.1 Å². The Labute approximate surface area is 206 Å². The van der Waals surface area contributed by atoms with E-state index in [9.17, 15) is 15.0 Å². The molecule has 35 heavy (non-hydrogen) atoms. The number of aromatic nitrogens is 1. The molecule has 3 heterocycles. The van der Waals surface area contributed by atoms with Gasteiger partial charge < -0.3 is 24.6 Å². The topological polar surface area (TPSA) is 72.2 Å². The summed E-state index contributed by atoms with van der Waals surface area (Å²) in [6.07, 6.45) is 2.77. The van der Waals surface area contributed by atoms with Gasteiger partial charge in [0.05, 0.1) is 17.4 Å². The molecule has 0 bridgehead atoms. The minimum Gasteiger partial charge on any atom is -0.508 e. The van der Waals surface area contributed by atoms with Crippen LogP contribution in [0.5, 0.6) is 5.75 Å². The van der Waals surface area contributed by atoms with E-state index < -0.39 is 6.10 Å². The first kappa shape index (κ1) is 23.5. The maximum absolute atomic E-state index is 13.3. The molecule has 184 valence electrons. The van der Waals surface area contributed by atoms with Crippen molar-refractivity contribution in [3.8, 4) is 5.75 Å². The van der Waals surface area contributed by atoms with Crippen LogP contribution in [0.4, 0.5) is 5.69 Å². The predicted octanol–water partition coefficient (Wildman–Crippen LogP) is 3.33. The summed E-state index contributed by atoms with van der Waals surface area (Å²) >= 11 is 0. The lowest BCUT2D eigenvalue weighted by molar-refractivity contribution is 0.0738. The lowest BCUT2D eigenvalue weighted by Crippen LogP contribution is -2.47. The van der Waals surface area contributed by atoms with E-state index in [0.29, 0.717) is 37.4 Å². The van der Waals surface area contributed by atoms with E-state index in [-0.39, 0.29) is 5.91 Å². The van der Waals surface area contributed by atoms with Gasteiger partial charge in [-0.2, -0.15) is 0 Å². The van der Waals surface area contributed by atoms with Crippen molar-refractivity contribution in [2.45, 2.75) is 25.5 Å². The van der Waals surface area contributed by atoms with Crippen molar-refractivity contribution in [2.75, 3.05) is 50.7 Å². The molecular formula is C28H34N4O3. The fourth-order valence-corrected chi connectivity index (χ4v) is 5.23. The predicted molar refractivity (Wildman–Crippen MR) is 137 cm³/mol. The van der Waals surface area contributed by atoms with E-state index in [1.807, 2.05) is 52.1 Å². The number of aliphatic hydroxyl groups excluding tert-OH is 1. The van der Waals surface area contributed by atoms with E-state index in [4.69, 9.17) is 0 Å². The maximum Gasteiger partial charge on any atom is 0.255 e. The zero-order valence-corrected chi connectivity index (χ0v) is 20.1. The van der Waals surface area contributed by atoms with Crippen LogP contribution >= 0.6 is 0 Å². The van der Waals surface area contributed by atoms with Crippen LogP contribution in [0.15, 0.2) is 66.9 Å². The van der Waals surface area contributed by atoms with Gasteiger partial charge in [0, 0.05) is 57.7 Å². The monoisotopic (exact) mass is 474 g/mol. The first-order valence-electron chi connectivity index (χ1n) is 12.5. The second kappa shape index (κ2) is 10.5. The fraction of sp³-hybridized carbons (Fsp3) is 0.393. The van der Waals surface area contributed by atoms with Gasteiger partial charge in [-0.05, 0) is 55.3 Å². The van der Waals surface area contributed by atoms with Gasteiger partial charge in [-0.15, -0.1) is 0 Å². The Kier molecular flexibility index (Phi) is 7.06. The number of benzene rings is 2. The summed E-state index contributed by atoms with van der Waals surface area (Å²) in [4.78, 5) is 20.0. The number of piperazine rings is 1. The summed E-state index contributed by atoms with van der Waals surface area (Å²) in [6.45, 7) is 6.77. The molecule has 5 rings (SSSR count). The summed E-state index contributed by atoms with van der Waals surface area (Å²) in [5.41, 5.74) is 3.67. The van der Waals surface area contributed by atoms with Crippen molar-refractivity contribution in [2.24, 2.45) is 0 Å². The van der Waals surface area contributed by atoms with Gasteiger partial charge in [0.1, 0.15) is 5.75 Å². The third kappa shape index (κ3) is 5.36. The fourth-order valence-electron chi connectivity index (χ4n) is 5.23. The Hall–Kier alpha value is -3.29. The Morgan fingerprint density at radius 1 is 0.857 bits per heavy atom. The molecule has 2 N–H and O–H groups in total. The number of amides is 1. The van der Waals surface area contributed by atoms with Crippen LogP contribution in [-0.4, -0.2) is 76.3 Å². The third-order valence-electron chi connectivity index (χ3n) is 7.20. The standard InChI is InChI=1S/C28H34N4O3/c33-24-9-7-23(8-10-24)30-19-17-29(18-20-30)13-4-14-31-16-12-26(34)27-25(28(31)35)11-15-32(27)21-22-5-2-1-3-6-22/h1-3,5-11,15,26,33-34H,4,12-14,16-21H2. The first-order chi connectivity index (χ1) is 17.1. The number of phenolic OH excluding ortho intramolecular Hbond substituents is 1. The molecule has 0 aliphatic carbocycles. The van der Waals surface area contributed by atoms with Crippen molar-refractivity contribution in [3.63, 3.8) is 0 Å². The van der Waals surface area contributed by atoms with Gasteiger partial charge in [0.2, 0.25) is 0 Å². The highest BCUT2D eigenvalue weighted by Crippen LogP contribution is 2.28. The minimum atomic E-state index is -0.634.